The van der Waals surface area contributed by atoms with Crippen LogP contribution >= 0.6 is 11.3 Å². The van der Waals surface area contributed by atoms with Crippen molar-refractivity contribution in [2.24, 2.45) is 0 Å². The molecule has 4 nitrogen and oxygen atoms in total. The Balaban J connectivity index is 1.65. The van der Waals surface area contributed by atoms with Crippen LogP contribution in [0.15, 0.2) is 23.6 Å². The molecule has 1 aliphatic rings. The van der Waals surface area contributed by atoms with E-state index in [1.165, 1.54) is 18.4 Å². The van der Waals surface area contributed by atoms with Crippen LogP contribution in [-0.4, -0.2) is 25.2 Å². The summed E-state index contributed by atoms with van der Waals surface area (Å²) in [6, 6.07) is 6.74. The molecule has 0 bridgehead atoms. The molecule has 1 aromatic carbocycles. The van der Waals surface area contributed by atoms with Gasteiger partial charge in [0.2, 0.25) is 0 Å². The van der Waals surface area contributed by atoms with Crippen LogP contribution in [0.25, 0.3) is 0 Å². The standard InChI is InChI=1S/C16H20N2O2S/c1-19-14-6-3-11(7-15(14)20-2)8-16-18-13(10-21-16)9-17-12-4-5-12/h3,6-7,10,12,17H,4-5,8-9H2,1-2H3. The van der Waals surface area contributed by atoms with Crippen molar-refractivity contribution in [1.82, 2.24) is 10.3 Å². The maximum absolute atomic E-state index is 5.34. The Bertz CT molecular complexity index is 608. The minimum Gasteiger partial charge on any atom is -0.493 e. The Morgan fingerprint density at radius 3 is 2.76 bits per heavy atom. The number of aromatic nitrogens is 1. The molecule has 1 aliphatic carbocycles. The van der Waals surface area contributed by atoms with E-state index in [1.54, 1.807) is 25.6 Å². The molecule has 112 valence electrons. The third kappa shape index (κ3) is 3.74. The van der Waals surface area contributed by atoms with Crippen molar-refractivity contribution in [3.63, 3.8) is 0 Å². The first-order valence-electron chi connectivity index (χ1n) is 7.16. The lowest BCUT2D eigenvalue weighted by Gasteiger charge is -2.08. The molecule has 2 aromatic rings. The lowest BCUT2D eigenvalue weighted by atomic mass is 10.1. The molecule has 1 aromatic heterocycles. The summed E-state index contributed by atoms with van der Waals surface area (Å²) in [4.78, 5) is 4.69. The van der Waals surface area contributed by atoms with Crippen molar-refractivity contribution in [3.8, 4) is 11.5 Å². The average molecular weight is 304 g/mol. The summed E-state index contributed by atoms with van der Waals surface area (Å²) >= 11 is 1.72. The van der Waals surface area contributed by atoms with Gasteiger partial charge < -0.3 is 14.8 Å². The molecule has 1 saturated carbocycles. The van der Waals surface area contributed by atoms with Crippen LogP contribution in [0.3, 0.4) is 0 Å². The van der Waals surface area contributed by atoms with Gasteiger partial charge in [0.15, 0.2) is 11.5 Å². The van der Waals surface area contributed by atoms with Crippen LogP contribution < -0.4 is 14.8 Å². The SMILES string of the molecule is COc1ccc(Cc2nc(CNC3CC3)cs2)cc1OC. The Morgan fingerprint density at radius 2 is 2.05 bits per heavy atom. The molecule has 1 fully saturated rings. The van der Waals surface area contributed by atoms with Gasteiger partial charge in [-0.15, -0.1) is 11.3 Å². The van der Waals surface area contributed by atoms with Gasteiger partial charge in [-0.25, -0.2) is 4.98 Å². The zero-order chi connectivity index (χ0) is 14.7. The monoisotopic (exact) mass is 304 g/mol. The van der Waals surface area contributed by atoms with E-state index in [2.05, 4.69) is 21.7 Å². The first kappa shape index (κ1) is 14.4. The van der Waals surface area contributed by atoms with Gasteiger partial charge in [0.25, 0.3) is 0 Å². The number of thiazole rings is 1. The summed E-state index contributed by atoms with van der Waals surface area (Å²) in [5.74, 6) is 1.52. The maximum Gasteiger partial charge on any atom is 0.160 e. The van der Waals surface area contributed by atoms with Gasteiger partial charge in [-0.2, -0.15) is 0 Å². The Labute approximate surface area is 129 Å². The van der Waals surface area contributed by atoms with Gasteiger partial charge in [-0.1, -0.05) is 6.07 Å². The summed E-state index contributed by atoms with van der Waals surface area (Å²) in [6.07, 6.45) is 3.44. The van der Waals surface area contributed by atoms with Crippen molar-refractivity contribution < 1.29 is 9.47 Å². The summed E-state index contributed by atoms with van der Waals surface area (Å²) in [6.45, 7) is 0.882. The Kier molecular flexibility index (Phi) is 4.41. The van der Waals surface area contributed by atoms with Gasteiger partial charge in [0, 0.05) is 24.4 Å². The highest BCUT2D eigenvalue weighted by Gasteiger charge is 2.20. The van der Waals surface area contributed by atoms with Crippen molar-refractivity contribution in [2.75, 3.05) is 14.2 Å². The van der Waals surface area contributed by atoms with Crippen LogP contribution in [0.5, 0.6) is 11.5 Å². The van der Waals surface area contributed by atoms with Gasteiger partial charge in [0.05, 0.1) is 24.9 Å². The van der Waals surface area contributed by atoms with E-state index in [9.17, 15) is 0 Å². The van der Waals surface area contributed by atoms with Gasteiger partial charge in [-0.05, 0) is 30.5 Å². The van der Waals surface area contributed by atoms with E-state index in [-0.39, 0.29) is 0 Å². The quantitative estimate of drug-likeness (QED) is 0.854. The number of methoxy groups -OCH3 is 2. The summed E-state index contributed by atoms with van der Waals surface area (Å²) in [5.41, 5.74) is 2.33. The average Bonchev–Trinajstić information content (AvgIpc) is 3.24. The smallest absolute Gasteiger partial charge is 0.160 e. The number of ether oxygens (including phenoxy) is 2. The fourth-order valence-electron chi connectivity index (χ4n) is 2.21. The van der Waals surface area contributed by atoms with E-state index in [0.717, 1.165) is 41.2 Å². The molecule has 0 amide bonds. The van der Waals surface area contributed by atoms with Gasteiger partial charge in [-0.3, -0.25) is 0 Å². The highest BCUT2D eigenvalue weighted by molar-refractivity contribution is 7.09. The molecule has 0 spiro atoms. The number of nitrogens with one attached hydrogen (secondary N) is 1. The van der Waals surface area contributed by atoms with Gasteiger partial charge >= 0.3 is 0 Å². The molecule has 3 rings (SSSR count). The van der Waals surface area contributed by atoms with Crippen molar-refractivity contribution >= 4 is 11.3 Å². The number of hydrogen-bond acceptors (Lipinski definition) is 5. The lowest BCUT2D eigenvalue weighted by Crippen LogP contribution is -2.15. The second kappa shape index (κ2) is 6.45. The van der Waals surface area contributed by atoms with Crippen LogP contribution in [-0.2, 0) is 13.0 Å². The first-order valence-corrected chi connectivity index (χ1v) is 8.04. The Hall–Kier alpha value is -1.59. The zero-order valence-electron chi connectivity index (χ0n) is 12.4. The zero-order valence-corrected chi connectivity index (χ0v) is 13.2. The van der Waals surface area contributed by atoms with Crippen molar-refractivity contribution in [1.29, 1.82) is 0 Å². The highest BCUT2D eigenvalue weighted by Crippen LogP contribution is 2.29. The Morgan fingerprint density at radius 1 is 1.24 bits per heavy atom. The molecular formula is C16H20N2O2S. The summed E-state index contributed by atoms with van der Waals surface area (Å²) in [7, 11) is 3.31. The molecule has 1 N–H and O–H groups in total. The molecule has 1 heterocycles. The second-order valence-electron chi connectivity index (χ2n) is 5.25. The fraction of sp³-hybridized carbons (Fsp3) is 0.438. The topological polar surface area (TPSA) is 43.4 Å². The molecular weight excluding hydrogens is 284 g/mol. The molecule has 0 saturated heterocycles. The number of hydrogen-bond donors (Lipinski definition) is 1. The summed E-state index contributed by atoms with van der Waals surface area (Å²) < 4.78 is 10.6. The van der Waals surface area contributed by atoms with Crippen LogP contribution in [0.4, 0.5) is 0 Å². The van der Waals surface area contributed by atoms with E-state index >= 15 is 0 Å². The van der Waals surface area contributed by atoms with Crippen molar-refractivity contribution in [2.45, 2.75) is 31.8 Å². The molecule has 0 atom stereocenters. The summed E-state index contributed by atoms with van der Waals surface area (Å²) in [5, 5.41) is 6.77. The minimum absolute atomic E-state index is 0.723. The predicted octanol–water partition coefficient (Wildman–Crippen LogP) is 3.00. The molecule has 21 heavy (non-hydrogen) atoms. The molecule has 0 aliphatic heterocycles. The molecule has 0 radical (unpaired) electrons. The van der Waals surface area contributed by atoms with Crippen LogP contribution in [0.1, 0.15) is 29.1 Å². The number of benzene rings is 1. The van der Waals surface area contributed by atoms with Gasteiger partial charge in [0.1, 0.15) is 0 Å². The van der Waals surface area contributed by atoms with E-state index in [4.69, 9.17) is 9.47 Å². The second-order valence-corrected chi connectivity index (χ2v) is 6.20. The maximum atomic E-state index is 5.34. The molecule has 0 unspecified atom stereocenters. The minimum atomic E-state index is 0.723. The number of rotatable bonds is 7. The van der Waals surface area contributed by atoms with E-state index < -0.39 is 0 Å². The van der Waals surface area contributed by atoms with E-state index in [0.29, 0.717) is 0 Å². The predicted molar refractivity (Wildman–Crippen MR) is 84.3 cm³/mol. The third-order valence-electron chi connectivity index (χ3n) is 3.55. The van der Waals surface area contributed by atoms with Crippen LogP contribution in [0, 0.1) is 0 Å². The normalized spacial score (nSPS) is 14.2. The third-order valence-corrected chi connectivity index (χ3v) is 4.45. The van der Waals surface area contributed by atoms with Crippen LogP contribution in [0.2, 0.25) is 0 Å². The first-order chi connectivity index (χ1) is 10.3. The highest BCUT2D eigenvalue weighted by atomic mass is 32.1. The lowest BCUT2D eigenvalue weighted by molar-refractivity contribution is 0.354. The largest absolute Gasteiger partial charge is 0.493 e. The molecule has 5 heteroatoms. The number of nitrogens with zero attached hydrogens (tertiary/aromatic N) is 1. The van der Waals surface area contributed by atoms with Crippen molar-refractivity contribution in [3.05, 3.63) is 39.8 Å². The fourth-order valence-corrected chi connectivity index (χ4v) is 3.04. The van der Waals surface area contributed by atoms with E-state index in [1.807, 2.05) is 12.1 Å².